The van der Waals surface area contributed by atoms with Crippen molar-refractivity contribution in [1.82, 2.24) is 20.5 Å². The van der Waals surface area contributed by atoms with Gasteiger partial charge in [0.15, 0.2) is 17.5 Å². The SMILES string of the molecule is CC(Nc1nc(Nc2cc(C3CC3)[nH]n2)c(F)cc1CNC(=O)c1ccccc1)c1ccc(F)cc1. The van der Waals surface area contributed by atoms with E-state index in [2.05, 4.69) is 31.1 Å². The summed E-state index contributed by atoms with van der Waals surface area (Å²) >= 11 is 0. The third kappa shape index (κ3) is 5.51. The molecule has 1 unspecified atom stereocenters. The Morgan fingerprint density at radius 1 is 1.06 bits per heavy atom. The van der Waals surface area contributed by atoms with E-state index in [1.54, 1.807) is 36.4 Å². The molecule has 0 spiro atoms. The number of nitrogens with zero attached hydrogens (tertiary/aromatic N) is 2. The topological polar surface area (TPSA) is 94.7 Å². The summed E-state index contributed by atoms with van der Waals surface area (Å²) in [6.07, 6.45) is 2.24. The smallest absolute Gasteiger partial charge is 0.251 e. The molecule has 2 aromatic carbocycles. The number of anilines is 3. The molecule has 1 aliphatic rings. The minimum atomic E-state index is -0.574. The Morgan fingerprint density at radius 3 is 2.53 bits per heavy atom. The molecule has 1 aliphatic carbocycles. The van der Waals surface area contributed by atoms with Crippen molar-refractivity contribution in [3.8, 4) is 0 Å². The quantitative estimate of drug-likeness (QED) is 0.239. The van der Waals surface area contributed by atoms with Crippen LogP contribution in [0.15, 0.2) is 66.7 Å². The van der Waals surface area contributed by atoms with Gasteiger partial charge in [0, 0.05) is 41.4 Å². The second-order valence-corrected chi connectivity index (χ2v) is 8.90. The van der Waals surface area contributed by atoms with E-state index in [9.17, 15) is 9.18 Å². The van der Waals surface area contributed by atoms with Crippen LogP contribution in [0.5, 0.6) is 0 Å². The molecule has 0 saturated heterocycles. The van der Waals surface area contributed by atoms with E-state index in [0.717, 1.165) is 24.1 Å². The van der Waals surface area contributed by atoms with Gasteiger partial charge in [-0.15, -0.1) is 0 Å². The van der Waals surface area contributed by atoms with Crippen LogP contribution in [0.25, 0.3) is 0 Å². The molecule has 2 heterocycles. The Morgan fingerprint density at radius 2 is 1.81 bits per heavy atom. The summed E-state index contributed by atoms with van der Waals surface area (Å²) in [6.45, 7) is 1.96. The standard InChI is InChI=1S/C27H26F2N6O/c1-16(17-9-11-21(28)12-10-17)31-25-20(15-30-27(36)19-5-3-2-4-6-19)13-22(29)26(33-25)32-24-14-23(34-35-24)18-7-8-18/h2-6,9-14,16,18H,7-8,15H2,1H3,(H,30,36)(H3,31,32,33,34,35). The van der Waals surface area contributed by atoms with Crippen molar-refractivity contribution in [2.45, 2.75) is 38.3 Å². The normalized spacial score (nSPS) is 13.8. The summed E-state index contributed by atoms with van der Waals surface area (Å²) in [4.78, 5) is 17.0. The maximum Gasteiger partial charge on any atom is 0.251 e. The molecule has 184 valence electrons. The van der Waals surface area contributed by atoms with Gasteiger partial charge in [0.25, 0.3) is 5.91 Å². The molecular weight excluding hydrogens is 462 g/mol. The highest BCUT2D eigenvalue weighted by atomic mass is 19.1. The predicted octanol–water partition coefficient (Wildman–Crippen LogP) is 5.81. The van der Waals surface area contributed by atoms with Crippen molar-refractivity contribution in [2.24, 2.45) is 0 Å². The van der Waals surface area contributed by atoms with Crippen LogP contribution in [0.4, 0.5) is 26.2 Å². The molecule has 1 atom stereocenters. The lowest BCUT2D eigenvalue weighted by molar-refractivity contribution is 0.0951. The number of aromatic nitrogens is 3. The molecule has 1 fully saturated rings. The molecule has 4 aromatic rings. The zero-order valence-electron chi connectivity index (χ0n) is 19.7. The van der Waals surface area contributed by atoms with Crippen molar-refractivity contribution < 1.29 is 13.6 Å². The Balaban J connectivity index is 1.39. The maximum absolute atomic E-state index is 15.1. The van der Waals surface area contributed by atoms with Gasteiger partial charge >= 0.3 is 0 Å². The van der Waals surface area contributed by atoms with Crippen LogP contribution in [0, 0.1) is 11.6 Å². The number of nitrogens with one attached hydrogen (secondary N) is 4. The minimum Gasteiger partial charge on any atom is -0.363 e. The third-order valence-electron chi connectivity index (χ3n) is 6.11. The lowest BCUT2D eigenvalue weighted by atomic mass is 10.1. The lowest BCUT2D eigenvalue weighted by Gasteiger charge is -2.19. The number of amides is 1. The minimum absolute atomic E-state index is 0.00999. The number of pyridine rings is 1. The van der Waals surface area contributed by atoms with Gasteiger partial charge in [-0.3, -0.25) is 9.89 Å². The number of H-pyrrole nitrogens is 1. The summed E-state index contributed by atoms with van der Waals surface area (Å²) in [6, 6.07) is 17.9. The largest absolute Gasteiger partial charge is 0.363 e. The fourth-order valence-corrected chi connectivity index (χ4v) is 3.91. The molecule has 2 aromatic heterocycles. The van der Waals surface area contributed by atoms with E-state index in [-0.39, 0.29) is 30.1 Å². The summed E-state index contributed by atoms with van der Waals surface area (Å²) in [5, 5.41) is 16.3. The van der Waals surface area contributed by atoms with Gasteiger partial charge in [-0.2, -0.15) is 5.10 Å². The first kappa shape index (κ1) is 23.5. The molecule has 1 saturated carbocycles. The van der Waals surface area contributed by atoms with Gasteiger partial charge < -0.3 is 16.0 Å². The van der Waals surface area contributed by atoms with Crippen molar-refractivity contribution in [1.29, 1.82) is 0 Å². The number of carbonyl (C=O) groups is 1. The number of benzene rings is 2. The molecule has 0 aliphatic heterocycles. The highest BCUT2D eigenvalue weighted by Gasteiger charge is 2.26. The average Bonchev–Trinajstić information content (AvgIpc) is 3.64. The number of rotatable bonds is 9. The zero-order chi connectivity index (χ0) is 25.1. The van der Waals surface area contributed by atoms with Crippen LogP contribution in [0.1, 0.15) is 58.9 Å². The Hall–Kier alpha value is -4.27. The van der Waals surface area contributed by atoms with Gasteiger partial charge in [-0.05, 0) is 55.7 Å². The Labute approximate surface area is 207 Å². The summed E-state index contributed by atoms with van der Waals surface area (Å²) < 4.78 is 28.5. The molecule has 36 heavy (non-hydrogen) atoms. The summed E-state index contributed by atoms with van der Waals surface area (Å²) in [7, 11) is 0. The second-order valence-electron chi connectivity index (χ2n) is 8.90. The predicted molar refractivity (Wildman–Crippen MR) is 134 cm³/mol. The van der Waals surface area contributed by atoms with E-state index in [0.29, 0.717) is 28.7 Å². The van der Waals surface area contributed by atoms with E-state index in [1.807, 2.05) is 19.1 Å². The molecule has 0 radical (unpaired) electrons. The molecule has 1 amide bonds. The van der Waals surface area contributed by atoms with Gasteiger partial charge in [-0.25, -0.2) is 13.8 Å². The first-order valence-corrected chi connectivity index (χ1v) is 11.8. The van der Waals surface area contributed by atoms with Gasteiger partial charge in [-0.1, -0.05) is 30.3 Å². The van der Waals surface area contributed by atoms with E-state index >= 15 is 4.39 Å². The third-order valence-corrected chi connectivity index (χ3v) is 6.11. The number of aromatic amines is 1. The number of hydrogen-bond donors (Lipinski definition) is 4. The van der Waals surface area contributed by atoms with E-state index in [4.69, 9.17) is 0 Å². The first-order chi connectivity index (χ1) is 17.5. The molecule has 0 bridgehead atoms. The summed E-state index contributed by atoms with van der Waals surface area (Å²) in [5.41, 5.74) is 2.82. The van der Waals surface area contributed by atoms with Crippen LogP contribution < -0.4 is 16.0 Å². The number of hydrogen-bond acceptors (Lipinski definition) is 5. The van der Waals surface area contributed by atoms with Crippen molar-refractivity contribution in [3.63, 3.8) is 0 Å². The molecule has 5 rings (SSSR count). The van der Waals surface area contributed by atoms with Gasteiger partial charge in [0.1, 0.15) is 11.6 Å². The Kier molecular flexibility index (Phi) is 6.62. The van der Waals surface area contributed by atoms with E-state index < -0.39 is 5.82 Å². The maximum atomic E-state index is 15.1. The fraction of sp³-hybridized carbons (Fsp3) is 0.222. The Bertz CT molecular complexity index is 1350. The van der Waals surface area contributed by atoms with Crippen molar-refractivity contribution in [2.75, 3.05) is 10.6 Å². The van der Waals surface area contributed by atoms with E-state index in [1.165, 1.54) is 18.2 Å². The zero-order valence-corrected chi connectivity index (χ0v) is 19.7. The molecule has 7 nitrogen and oxygen atoms in total. The van der Waals surface area contributed by atoms with Crippen molar-refractivity contribution >= 4 is 23.4 Å². The molecule has 9 heteroatoms. The number of carbonyl (C=O) groups excluding carboxylic acids is 1. The number of halogens is 2. The fourth-order valence-electron chi connectivity index (χ4n) is 3.91. The highest BCUT2D eigenvalue weighted by molar-refractivity contribution is 5.94. The van der Waals surface area contributed by atoms with Gasteiger partial charge in [0.2, 0.25) is 0 Å². The average molecular weight is 489 g/mol. The van der Waals surface area contributed by atoms with Crippen LogP contribution >= 0.6 is 0 Å². The first-order valence-electron chi connectivity index (χ1n) is 11.8. The molecule has 4 N–H and O–H groups in total. The lowest BCUT2D eigenvalue weighted by Crippen LogP contribution is -2.24. The van der Waals surface area contributed by atoms with Crippen LogP contribution in [-0.4, -0.2) is 21.1 Å². The highest BCUT2D eigenvalue weighted by Crippen LogP contribution is 2.39. The monoisotopic (exact) mass is 488 g/mol. The van der Waals surface area contributed by atoms with Crippen molar-refractivity contribution in [3.05, 3.63) is 101 Å². The van der Waals surface area contributed by atoms with Crippen LogP contribution in [0.2, 0.25) is 0 Å². The van der Waals surface area contributed by atoms with Gasteiger partial charge in [0.05, 0.1) is 0 Å². The van der Waals surface area contributed by atoms with Crippen LogP contribution in [-0.2, 0) is 6.54 Å². The summed E-state index contributed by atoms with van der Waals surface area (Å²) in [5.74, 6) is 0.181. The second kappa shape index (κ2) is 10.2. The molecular formula is C27H26F2N6O. The van der Waals surface area contributed by atoms with Crippen LogP contribution in [0.3, 0.4) is 0 Å².